The molecule has 0 aromatic heterocycles. The first-order valence-corrected chi connectivity index (χ1v) is 13.6. The van der Waals surface area contributed by atoms with E-state index in [0.717, 1.165) is 31.4 Å². The number of fused-ring (bicyclic) bond motifs is 1. The number of hydrogen-bond acceptors (Lipinski definition) is 6. The molecular weight excluding hydrogens is 478 g/mol. The molecular formula is C32H39NO5. The maximum atomic E-state index is 11.8. The first kappa shape index (κ1) is 27.7. The van der Waals surface area contributed by atoms with E-state index in [1.165, 1.54) is 16.7 Å². The first-order chi connectivity index (χ1) is 18.5. The zero-order valence-corrected chi connectivity index (χ0v) is 22.4. The second-order valence-corrected chi connectivity index (χ2v) is 9.84. The van der Waals surface area contributed by atoms with Crippen molar-refractivity contribution in [1.82, 2.24) is 4.90 Å². The van der Waals surface area contributed by atoms with E-state index in [9.17, 15) is 9.90 Å². The third-order valence-electron chi connectivity index (χ3n) is 7.13. The van der Waals surface area contributed by atoms with Gasteiger partial charge in [0.05, 0.1) is 6.61 Å². The molecule has 6 nitrogen and oxygen atoms in total. The van der Waals surface area contributed by atoms with Gasteiger partial charge in [0.25, 0.3) is 0 Å². The van der Waals surface area contributed by atoms with Crippen molar-refractivity contribution >= 4 is 5.97 Å². The van der Waals surface area contributed by atoms with Gasteiger partial charge in [0.2, 0.25) is 0 Å². The van der Waals surface area contributed by atoms with Gasteiger partial charge >= 0.3 is 5.97 Å². The standard InChI is InChI=1S/C32H39NO5/c1-3-36-32(35)23-38-31-18-17-26-13-10-14-28(19-27(26)20-31)33(24(2)25-11-6-4-7-12-25)21-29(34)22-37-30-15-8-5-9-16-30/h4-9,11-12,15-18,20,24,28-29,34H,3,10,13-14,19,21-23H2,1-2H3/t24-,28-,29-/m1/s1. The van der Waals surface area contributed by atoms with E-state index in [1.54, 1.807) is 6.92 Å². The van der Waals surface area contributed by atoms with Gasteiger partial charge in [-0.15, -0.1) is 0 Å². The van der Waals surface area contributed by atoms with E-state index in [2.05, 4.69) is 48.2 Å². The largest absolute Gasteiger partial charge is 0.491 e. The average Bonchev–Trinajstić information content (AvgIpc) is 3.16. The lowest BCUT2D eigenvalue weighted by atomic mass is 9.97. The van der Waals surface area contributed by atoms with Crippen molar-refractivity contribution in [2.24, 2.45) is 0 Å². The van der Waals surface area contributed by atoms with E-state index in [0.29, 0.717) is 18.9 Å². The lowest BCUT2D eigenvalue weighted by Gasteiger charge is -2.38. The minimum atomic E-state index is -0.636. The van der Waals surface area contributed by atoms with Gasteiger partial charge in [-0.3, -0.25) is 4.90 Å². The van der Waals surface area contributed by atoms with Crippen LogP contribution >= 0.6 is 0 Å². The molecule has 3 aromatic carbocycles. The Balaban J connectivity index is 1.50. The predicted molar refractivity (Wildman–Crippen MR) is 149 cm³/mol. The van der Waals surface area contributed by atoms with Crippen molar-refractivity contribution in [3.8, 4) is 11.5 Å². The van der Waals surface area contributed by atoms with Crippen LogP contribution in [0.5, 0.6) is 11.5 Å². The van der Waals surface area contributed by atoms with Crippen LogP contribution in [0, 0.1) is 0 Å². The summed E-state index contributed by atoms with van der Waals surface area (Å²) in [4.78, 5) is 14.2. The molecule has 0 bridgehead atoms. The fourth-order valence-corrected chi connectivity index (χ4v) is 5.19. The van der Waals surface area contributed by atoms with E-state index in [1.807, 2.05) is 42.5 Å². The van der Waals surface area contributed by atoms with Crippen LogP contribution in [-0.4, -0.2) is 54.5 Å². The monoisotopic (exact) mass is 517 g/mol. The average molecular weight is 518 g/mol. The van der Waals surface area contributed by atoms with Gasteiger partial charge in [-0.25, -0.2) is 4.79 Å². The summed E-state index contributed by atoms with van der Waals surface area (Å²) >= 11 is 0. The van der Waals surface area contributed by atoms with E-state index in [-0.39, 0.29) is 31.3 Å². The summed E-state index contributed by atoms with van der Waals surface area (Å²) in [6.45, 7) is 4.98. The Morgan fingerprint density at radius 2 is 1.71 bits per heavy atom. The van der Waals surface area contributed by atoms with Crippen molar-refractivity contribution < 1.29 is 24.1 Å². The minimum Gasteiger partial charge on any atom is -0.491 e. The highest BCUT2D eigenvalue weighted by Gasteiger charge is 2.29. The van der Waals surface area contributed by atoms with Crippen molar-refractivity contribution in [1.29, 1.82) is 0 Å². The Kier molecular flexibility index (Phi) is 10.2. The van der Waals surface area contributed by atoms with Crippen molar-refractivity contribution in [3.63, 3.8) is 0 Å². The van der Waals surface area contributed by atoms with E-state index in [4.69, 9.17) is 14.2 Å². The van der Waals surface area contributed by atoms with Crippen LogP contribution in [0.4, 0.5) is 0 Å². The summed E-state index contributed by atoms with van der Waals surface area (Å²) < 4.78 is 16.6. The summed E-state index contributed by atoms with van der Waals surface area (Å²) in [7, 11) is 0. The summed E-state index contributed by atoms with van der Waals surface area (Å²) in [5.41, 5.74) is 3.77. The van der Waals surface area contributed by atoms with Gasteiger partial charge in [-0.1, -0.05) is 54.6 Å². The highest BCUT2D eigenvalue weighted by molar-refractivity contribution is 5.71. The number of aliphatic hydroxyl groups is 1. The number of aryl methyl sites for hydroxylation is 1. The predicted octanol–water partition coefficient (Wildman–Crippen LogP) is 5.38. The molecule has 0 unspecified atom stereocenters. The molecule has 1 N–H and O–H groups in total. The van der Waals surface area contributed by atoms with Gasteiger partial charge < -0.3 is 19.3 Å². The fraction of sp³-hybridized carbons (Fsp3) is 0.406. The molecule has 0 fully saturated rings. The molecule has 0 aliphatic heterocycles. The number of hydrogen-bond donors (Lipinski definition) is 1. The van der Waals surface area contributed by atoms with Crippen molar-refractivity contribution in [2.75, 3.05) is 26.4 Å². The number of rotatable bonds is 12. The molecule has 202 valence electrons. The lowest BCUT2D eigenvalue weighted by molar-refractivity contribution is -0.145. The van der Waals surface area contributed by atoms with Gasteiger partial charge in [-0.05, 0) is 80.5 Å². The topological polar surface area (TPSA) is 68.2 Å². The number of benzene rings is 3. The van der Waals surface area contributed by atoms with E-state index < -0.39 is 6.10 Å². The molecule has 4 rings (SSSR count). The quantitative estimate of drug-likeness (QED) is 0.257. The van der Waals surface area contributed by atoms with E-state index >= 15 is 0 Å². The summed E-state index contributed by atoms with van der Waals surface area (Å²) in [5.74, 6) is 1.07. The Hall–Kier alpha value is -3.35. The second kappa shape index (κ2) is 14.0. The highest BCUT2D eigenvalue weighted by atomic mass is 16.6. The second-order valence-electron chi connectivity index (χ2n) is 9.84. The summed E-state index contributed by atoms with van der Waals surface area (Å²) in [6, 6.07) is 26.5. The number of ether oxygens (including phenoxy) is 3. The Labute approximate surface area is 226 Å². The zero-order valence-electron chi connectivity index (χ0n) is 22.4. The summed E-state index contributed by atoms with van der Waals surface area (Å²) in [5, 5.41) is 11.1. The third kappa shape index (κ3) is 7.83. The number of nitrogens with zero attached hydrogens (tertiary/aromatic N) is 1. The third-order valence-corrected chi connectivity index (χ3v) is 7.13. The van der Waals surface area contributed by atoms with Crippen LogP contribution in [0.2, 0.25) is 0 Å². The van der Waals surface area contributed by atoms with Gasteiger partial charge in [-0.2, -0.15) is 0 Å². The molecule has 0 saturated carbocycles. The van der Waals surface area contributed by atoms with Crippen LogP contribution in [0.15, 0.2) is 78.9 Å². The molecule has 0 radical (unpaired) electrons. The molecule has 0 amide bonds. The van der Waals surface area contributed by atoms with Gasteiger partial charge in [0.15, 0.2) is 6.61 Å². The smallest absolute Gasteiger partial charge is 0.344 e. The number of esters is 1. The fourth-order valence-electron chi connectivity index (χ4n) is 5.19. The van der Waals surface area contributed by atoms with Crippen LogP contribution in [0.1, 0.15) is 49.4 Å². The molecule has 3 aromatic rings. The molecule has 0 saturated heterocycles. The van der Waals surface area contributed by atoms with Crippen LogP contribution < -0.4 is 9.47 Å². The zero-order chi connectivity index (χ0) is 26.7. The Morgan fingerprint density at radius 1 is 0.974 bits per heavy atom. The normalized spacial score (nSPS) is 16.7. The highest BCUT2D eigenvalue weighted by Crippen LogP contribution is 2.32. The molecule has 38 heavy (non-hydrogen) atoms. The maximum Gasteiger partial charge on any atom is 0.344 e. The lowest BCUT2D eigenvalue weighted by Crippen LogP contribution is -2.44. The maximum absolute atomic E-state index is 11.8. The molecule has 1 aliphatic rings. The molecule has 6 heteroatoms. The number of para-hydroxylation sites is 1. The van der Waals surface area contributed by atoms with Gasteiger partial charge in [0, 0.05) is 18.6 Å². The van der Waals surface area contributed by atoms with Crippen LogP contribution in [-0.2, 0) is 22.4 Å². The number of aliphatic hydroxyl groups excluding tert-OH is 1. The number of carbonyl (C=O) groups excluding carboxylic acids is 1. The first-order valence-electron chi connectivity index (χ1n) is 13.6. The molecule has 3 atom stereocenters. The minimum absolute atomic E-state index is 0.0964. The number of carbonyl (C=O) groups is 1. The SMILES string of the molecule is CCOC(=O)COc1ccc2c(c1)C[C@H](N(C[C@@H](O)COc1ccccc1)[C@H](C)c1ccccc1)CCC2. The molecule has 1 aliphatic carbocycles. The molecule has 0 heterocycles. The van der Waals surface area contributed by atoms with Crippen LogP contribution in [0.25, 0.3) is 0 Å². The van der Waals surface area contributed by atoms with Gasteiger partial charge in [0.1, 0.15) is 24.2 Å². The van der Waals surface area contributed by atoms with Crippen molar-refractivity contribution in [3.05, 3.63) is 95.6 Å². The Bertz CT molecular complexity index is 1140. The summed E-state index contributed by atoms with van der Waals surface area (Å²) in [6.07, 6.45) is 3.29. The molecule has 0 spiro atoms. The van der Waals surface area contributed by atoms with Crippen LogP contribution in [0.3, 0.4) is 0 Å². The van der Waals surface area contributed by atoms with Crippen molar-refractivity contribution in [2.45, 2.75) is 57.7 Å². The Morgan fingerprint density at radius 3 is 2.45 bits per heavy atom.